The van der Waals surface area contributed by atoms with E-state index in [0.717, 1.165) is 31.6 Å². The Hall–Kier alpha value is -0.0700. The molecule has 0 aromatic carbocycles. The molecule has 1 saturated heterocycles. The monoisotopic (exact) mass is 391 g/mol. The van der Waals surface area contributed by atoms with Crippen LogP contribution < -0.4 is 16.2 Å². The van der Waals surface area contributed by atoms with Crippen LogP contribution in [0, 0.1) is 11.8 Å². The Labute approximate surface area is 160 Å². The normalized spacial score (nSPS) is 37.1. The molecule has 1 heterocycles. The van der Waals surface area contributed by atoms with E-state index in [1.54, 1.807) is 0 Å². The second-order valence-corrected chi connectivity index (χ2v) is 8.88. The number of carbonyl (C=O) groups is 1. The van der Waals surface area contributed by atoms with E-state index in [9.17, 15) is 4.79 Å². The maximum absolute atomic E-state index is 12.2. The molecule has 2 aliphatic carbocycles. The lowest BCUT2D eigenvalue weighted by Gasteiger charge is -2.34. The molecule has 2 saturated carbocycles. The Balaban J connectivity index is 1.27. The van der Waals surface area contributed by atoms with Gasteiger partial charge in [-0.15, -0.1) is 23.2 Å². The summed E-state index contributed by atoms with van der Waals surface area (Å²) in [5.41, 5.74) is 6.72. The minimum absolute atomic E-state index is 0.0296. The van der Waals surface area contributed by atoms with Crippen LogP contribution in [0.25, 0.3) is 0 Å². The summed E-state index contributed by atoms with van der Waals surface area (Å²) < 4.78 is 5.83. The van der Waals surface area contributed by atoms with Gasteiger partial charge in [-0.1, -0.05) is 12.8 Å². The van der Waals surface area contributed by atoms with Gasteiger partial charge in [0.05, 0.1) is 12.5 Å². The molecular weight excluding hydrogens is 361 g/mol. The Morgan fingerprint density at radius 1 is 1.04 bits per heavy atom. The Morgan fingerprint density at radius 2 is 1.84 bits per heavy atom. The standard InChI is InChI=1S/C18H31Cl2N3O2/c19-13-5-6-14(15(20)11-13)18(24)21-9-10-25-17-8-7-16(22-23-17)12-3-1-2-4-12/h12-17,22-23H,1-11H2,(H,21,24). The van der Waals surface area contributed by atoms with E-state index in [4.69, 9.17) is 27.9 Å². The minimum atomic E-state index is -0.158. The lowest BCUT2D eigenvalue weighted by molar-refractivity contribution is -0.126. The fourth-order valence-electron chi connectivity index (χ4n) is 4.38. The average molecular weight is 392 g/mol. The first-order valence-electron chi connectivity index (χ1n) is 9.82. The second-order valence-electron chi connectivity index (χ2n) is 7.70. The first-order chi connectivity index (χ1) is 12.1. The Kier molecular flexibility index (Phi) is 7.67. The molecule has 0 spiro atoms. The van der Waals surface area contributed by atoms with Gasteiger partial charge in [-0.2, -0.15) is 0 Å². The summed E-state index contributed by atoms with van der Waals surface area (Å²) in [5, 5.41) is 2.90. The van der Waals surface area contributed by atoms with Crippen LogP contribution in [0.2, 0.25) is 0 Å². The molecular formula is C18H31Cl2N3O2. The number of carbonyl (C=O) groups excluding carboxylic acids is 1. The molecule has 3 N–H and O–H groups in total. The van der Waals surface area contributed by atoms with E-state index in [0.29, 0.717) is 25.6 Å². The van der Waals surface area contributed by atoms with E-state index in [1.165, 1.54) is 25.7 Å². The topological polar surface area (TPSA) is 62.4 Å². The molecule has 144 valence electrons. The second kappa shape index (κ2) is 9.75. The van der Waals surface area contributed by atoms with Crippen LogP contribution in [0.1, 0.15) is 57.8 Å². The summed E-state index contributed by atoms with van der Waals surface area (Å²) in [6.07, 6.45) is 9.99. The van der Waals surface area contributed by atoms with Crippen LogP contribution in [0.3, 0.4) is 0 Å². The third kappa shape index (κ3) is 5.70. The van der Waals surface area contributed by atoms with E-state index in [-0.39, 0.29) is 28.8 Å². The van der Waals surface area contributed by atoms with Gasteiger partial charge in [0.2, 0.25) is 5.91 Å². The molecule has 3 aliphatic rings. The fourth-order valence-corrected chi connectivity index (χ4v) is 5.25. The molecule has 0 aromatic rings. The van der Waals surface area contributed by atoms with Crippen molar-refractivity contribution in [1.82, 2.24) is 16.2 Å². The van der Waals surface area contributed by atoms with Crippen LogP contribution in [0.4, 0.5) is 0 Å². The zero-order valence-corrected chi connectivity index (χ0v) is 16.3. The molecule has 3 rings (SSSR count). The van der Waals surface area contributed by atoms with Gasteiger partial charge in [-0.25, -0.2) is 5.43 Å². The quantitative estimate of drug-likeness (QED) is 0.481. The van der Waals surface area contributed by atoms with Crippen LogP contribution in [-0.4, -0.2) is 42.1 Å². The molecule has 5 atom stereocenters. The summed E-state index contributed by atoms with van der Waals surface area (Å²) in [6, 6.07) is 0.583. The summed E-state index contributed by atoms with van der Waals surface area (Å²) in [7, 11) is 0. The highest BCUT2D eigenvalue weighted by molar-refractivity contribution is 6.24. The molecule has 3 fully saturated rings. The molecule has 0 bridgehead atoms. The molecule has 0 radical (unpaired) electrons. The molecule has 1 amide bonds. The lowest BCUT2D eigenvalue weighted by atomic mass is 9.88. The van der Waals surface area contributed by atoms with Gasteiger partial charge in [0.25, 0.3) is 0 Å². The van der Waals surface area contributed by atoms with E-state index in [2.05, 4.69) is 16.2 Å². The summed E-state index contributed by atoms with van der Waals surface area (Å²) in [6.45, 7) is 1.03. The van der Waals surface area contributed by atoms with Gasteiger partial charge in [0.1, 0.15) is 6.23 Å². The fraction of sp³-hybridized carbons (Fsp3) is 0.944. The highest BCUT2D eigenvalue weighted by Gasteiger charge is 2.33. The first kappa shape index (κ1) is 19.7. The van der Waals surface area contributed by atoms with Gasteiger partial charge in [-0.05, 0) is 50.9 Å². The van der Waals surface area contributed by atoms with Crippen LogP contribution in [0.5, 0.6) is 0 Å². The lowest BCUT2D eigenvalue weighted by Crippen LogP contribution is -2.55. The van der Waals surface area contributed by atoms with Gasteiger partial charge >= 0.3 is 0 Å². The number of rotatable bonds is 6. The third-order valence-electron chi connectivity index (χ3n) is 5.90. The van der Waals surface area contributed by atoms with Gasteiger partial charge < -0.3 is 10.1 Å². The van der Waals surface area contributed by atoms with Crippen molar-refractivity contribution in [3.63, 3.8) is 0 Å². The van der Waals surface area contributed by atoms with Crippen molar-refractivity contribution in [2.45, 2.75) is 80.8 Å². The summed E-state index contributed by atoms with van der Waals surface area (Å²) >= 11 is 12.4. The number of hydrogen-bond acceptors (Lipinski definition) is 4. The molecule has 25 heavy (non-hydrogen) atoms. The third-order valence-corrected chi connectivity index (χ3v) is 6.78. The smallest absolute Gasteiger partial charge is 0.224 e. The van der Waals surface area contributed by atoms with Crippen molar-refractivity contribution in [1.29, 1.82) is 0 Å². The Bertz CT molecular complexity index is 427. The molecule has 5 nitrogen and oxygen atoms in total. The van der Waals surface area contributed by atoms with Crippen LogP contribution in [-0.2, 0) is 9.53 Å². The van der Waals surface area contributed by atoms with Crippen LogP contribution in [0.15, 0.2) is 0 Å². The summed E-state index contributed by atoms with van der Waals surface area (Å²) in [4.78, 5) is 12.2. The summed E-state index contributed by atoms with van der Waals surface area (Å²) in [5.74, 6) is 0.723. The number of alkyl halides is 2. The number of halogens is 2. The first-order valence-corrected chi connectivity index (χ1v) is 10.7. The Morgan fingerprint density at radius 3 is 2.52 bits per heavy atom. The van der Waals surface area contributed by atoms with Gasteiger partial charge in [0, 0.05) is 23.3 Å². The van der Waals surface area contributed by atoms with Crippen molar-refractivity contribution in [3.05, 3.63) is 0 Å². The van der Waals surface area contributed by atoms with E-state index in [1.807, 2.05) is 0 Å². The van der Waals surface area contributed by atoms with Crippen molar-refractivity contribution in [2.75, 3.05) is 13.2 Å². The average Bonchev–Trinajstić information content (AvgIpc) is 3.13. The molecule has 5 unspecified atom stereocenters. The molecule has 1 aliphatic heterocycles. The zero-order chi connectivity index (χ0) is 17.6. The van der Waals surface area contributed by atoms with E-state index < -0.39 is 0 Å². The zero-order valence-electron chi connectivity index (χ0n) is 14.8. The number of ether oxygens (including phenoxy) is 1. The molecule has 0 aromatic heterocycles. The number of nitrogens with one attached hydrogen (secondary N) is 3. The van der Waals surface area contributed by atoms with Gasteiger partial charge in [0.15, 0.2) is 0 Å². The predicted octanol–water partition coefficient (Wildman–Crippen LogP) is 2.91. The van der Waals surface area contributed by atoms with Gasteiger partial charge in [-0.3, -0.25) is 10.2 Å². The van der Waals surface area contributed by atoms with Crippen molar-refractivity contribution >= 4 is 29.1 Å². The largest absolute Gasteiger partial charge is 0.360 e. The van der Waals surface area contributed by atoms with Crippen LogP contribution >= 0.6 is 23.2 Å². The van der Waals surface area contributed by atoms with E-state index >= 15 is 0 Å². The predicted molar refractivity (Wildman–Crippen MR) is 101 cm³/mol. The minimum Gasteiger partial charge on any atom is -0.360 e. The SMILES string of the molecule is O=C(NCCOC1CCC(C2CCCC2)NN1)C1CCC(Cl)CC1Cl. The molecule has 7 heteroatoms. The number of hydrazine groups is 1. The number of hydrogen-bond donors (Lipinski definition) is 3. The maximum atomic E-state index is 12.2. The van der Waals surface area contributed by atoms with Crippen molar-refractivity contribution in [2.24, 2.45) is 11.8 Å². The highest BCUT2D eigenvalue weighted by Crippen LogP contribution is 2.32. The maximum Gasteiger partial charge on any atom is 0.224 e. The number of amides is 1. The highest BCUT2D eigenvalue weighted by atomic mass is 35.5. The van der Waals surface area contributed by atoms with Crippen molar-refractivity contribution in [3.8, 4) is 0 Å². The van der Waals surface area contributed by atoms with Crippen molar-refractivity contribution < 1.29 is 9.53 Å².